The zero-order chi connectivity index (χ0) is 8.20. The highest BCUT2D eigenvalue weighted by atomic mass is 19.1. The summed E-state index contributed by atoms with van der Waals surface area (Å²) < 4.78 is 17.6. The van der Waals surface area contributed by atoms with E-state index in [0.717, 1.165) is 0 Å². The second kappa shape index (κ2) is 3.66. The van der Waals surface area contributed by atoms with Gasteiger partial charge in [0.25, 0.3) is 0 Å². The van der Waals surface area contributed by atoms with Gasteiger partial charge in [0.2, 0.25) is 0 Å². The number of carbonyl (C=O) groups is 1. The third-order valence-corrected chi connectivity index (χ3v) is 1.51. The standard InChI is InChI=1S/C7H13FO2/c1-6(9)7(2,8)4-5-10-3/h4-5H2,1-3H3. The lowest BCUT2D eigenvalue weighted by Crippen LogP contribution is -2.28. The van der Waals surface area contributed by atoms with Crippen molar-refractivity contribution in [3.63, 3.8) is 0 Å². The average Bonchev–Trinajstić information content (AvgIpc) is 1.84. The fourth-order valence-corrected chi connectivity index (χ4v) is 0.470. The Hall–Kier alpha value is -0.440. The van der Waals surface area contributed by atoms with Gasteiger partial charge in [0.1, 0.15) is 0 Å². The van der Waals surface area contributed by atoms with Crippen LogP contribution in [0.5, 0.6) is 0 Å². The summed E-state index contributed by atoms with van der Waals surface area (Å²) in [6, 6.07) is 0. The molecule has 0 N–H and O–H groups in total. The SMILES string of the molecule is COCCC(C)(F)C(C)=O. The molecule has 0 aromatic carbocycles. The molecule has 1 atom stereocenters. The van der Waals surface area contributed by atoms with E-state index in [0.29, 0.717) is 0 Å². The molecule has 60 valence electrons. The molecular weight excluding hydrogens is 135 g/mol. The fourth-order valence-electron chi connectivity index (χ4n) is 0.470. The van der Waals surface area contributed by atoms with Crippen molar-refractivity contribution >= 4 is 5.78 Å². The van der Waals surface area contributed by atoms with Crippen LogP contribution in [0, 0.1) is 0 Å². The summed E-state index contributed by atoms with van der Waals surface area (Å²) in [7, 11) is 1.48. The lowest BCUT2D eigenvalue weighted by atomic mass is 10.0. The van der Waals surface area contributed by atoms with E-state index >= 15 is 0 Å². The van der Waals surface area contributed by atoms with Crippen LogP contribution in [-0.4, -0.2) is 25.2 Å². The van der Waals surface area contributed by atoms with E-state index in [1.165, 1.54) is 21.0 Å². The van der Waals surface area contributed by atoms with Crippen molar-refractivity contribution in [2.75, 3.05) is 13.7 Å². The van der Waals surface area contributed by atoms with Gasteiger partial charge in [0.05, 0.1) is 0 Å². The van der Waals surface area contributed by atoms with Gasteiger partial charge in [0, 0.05) is 20.1 Å². The summed E-state index contributed by atoms with van der Waals surface area (Å²) in [6.45, 7) is 2.80. The van der Waals surface area contributed by atoms with Crippen LogP contribution in [-0.2, 0) is 9.53 Å². The third kappa shape index (κ3) is 2.92. The zero-order valence-electron chi connectivity index (χ0n) is 6.61. The van der Waals surface area contributed by atoms with Crippen LogP contribution in [0.4, 0.5) is 4.39 Å². The molecule has 10 heavy (non-hydrogen) atoms. The predicted molar refractivity (Wildman–Crippen MR) is 36.7 cm³/mol. The van der Waals surface area contributed by atoms with Gasteiger partial charge < -0.3 is 4.74 Å². The quantitative estimate of drug-likeness (QED) is 0.601. The first-order valence-electron chi connectivity index (χ1n) is 3.19. The monoisotopic (exact) mass is 148 g/mol. The fraction of sp³-hybridized carbons (Fsp3) is 0.857. The van der Waals surface area contributed by atoms with Crippen molar-refractivity contribution in [3.8, 4) is 0 Å². The molecule has 0 heterocycles. The maximum Gasteiger partial charge on any atom is 0.167 e. The van der Waals surface area contributed by atoms with Crippen LogP contribution in [0.15, 0.2) is 0 Å². The predicted octanol–water partition coefficient (Wildman–Crippen LogP) is 1.34. The molecule has 0 saturated heterocycles. The van der Waals surface area contributed by atoms with Crippen LogP contribution >= 0.6 is 0 Å². The molecule has 0 aromatic rings. The van der Waals surface area contributed by atoms with Crippen molar-refractivity contribution in [1.82, 2.24) is 0 Å². The first kappa shape index (κ1) is 9.56. The number of ether oxygens (including phenoxy) is 1. The highest BCUT2D eigenvalue weighted by Crippen LogP contribution is 2.15. The summed E-state index contributed by atoms with van der Waals surface area (Å²) in [5.74, 6) is -0.440. The van der Waals surface area contributed by atoms with Crippen molar-refractivity contribution in [1.29, 1.82) is 0 Å². The Balaban J connectivity index is 3.75. The van der Waals surface area contributed by atoms with Gasteiger partial charge in [-0.1, -0.05) is 0 Å². The van der Waals surface area contributed by atoms with Gasteiger partial charge in [0.15, 0.2) is 11.5 Å². The van der Waals surface area contributed by atoms with Crippen molar-refractivity contribution < 1.29 is 13.9 Å². The van der Waals surface area contributed by atoms with E-state index in [2.05, 4.69) is 4.74 Å². The van der Waals surface area contributed by atoms with Crippen LogP contribution in [0.3, 0.4) is 0 Å². The molecule has 0 aliphatic rings. The molecule has 0 fully saturated rings. The number of hydrogen-bond donors (Lipinski definition) is 0. The number of rotatable bonds is 4. The second-order valence-electron chi connectivity index (χ2n) is 2.50. The number of methoxy groups -OCH3 is 1. The third-order valence-electron chi connectivity index (χ3n) is 1.51. The Labute approximate surface area is 60.4 Å². The normalized spacial score (nSPS) is 16.4. The number of carbonyl (C=O) groups excluding carboxylic acids is 1. The van der Waals surface area contributed by atoms with Crippen LogP contribution in [0.25, 0.3) is 0 Å². The Bertz CT molecular complexity index is 121. The van der Waals surface area contributed by atoms with Gasteiger partial charge in [-0.25, -0.2) is 4.39 Å². The molecule has 0 aliphatic heterocycles. The molecule has 0 rings (SSSR count). The van der Waals surface area contributed by atoms with Crippen LogP contribution in [0.1, 0.15) is 20.3 Å². The van der Waals surface area contributed by atoms with Crippen LogP contribution in [0.2, 0.25) is 0 Å². The molecule has 0 saturated carbocycles. The lowest BCUT2D eigenvalue weighted by Gasteiger charge is -2.15. The molecule has 1 unspecified atom stereocenters. The first-order chi connectivity index (χ1) is 4.50. The summed E-state index contributed by atoms with van der Waals surface area (Å²) in [6.07, 6.45) is 0.138. The number of hydrogen-bond acceptors (Lipinski definition) is 2. The van der Waals surface area contributed by atoms with E-state index in [1.54, 1.807) is 0 Å². The number of ketones is 1. The summed E-state index contributed by atoms with van der Waals surface area (Å²) in [5.41, 5.74) is -1.71. The zero-order valence-corrected chi connectivity index (χ0v) is 6.61. The minimum absolute atomic E-state index is 0.138. The van der Waals surface area contributed by atoms with Gasteiger partial charge in [-0.3, -0.25) is 4.79 Å². The molecule has 0 amide bonds. The number of Topliss-reactive ketones (excluding diaryl/α,β-unsaturated/α-hetero) is 1. The van der Waals surface area contributed by atoms with E-state index in [4.69, 9.17) is 0 Å². The largest absolute Gasteiger partial charge is 0.385 e. The molecule has 0 spiro atoms. The average molecular weight is 148 g/mol. The molecule has 0 radical (unpaired) electrons. The summed E-state index contributed by atoms with van der Waals surface area (Å²) in [4.78, 5) is 10.5. The molecule has 0 aromatic heterocycles. The number of halogens is 1. The highest BCUT2D eigenvalue weighted by Gasteiger charge is 2.28. The molecule has 0 aliphatic carbocycles. The second-order valence-corrected chi connectivity index (χ2v) is 2.50. The van der Waals surface area contributed by atoms with Crippen molar-refractivity contribution in [2.45, 2.75) is 25.9 Å². The molecule has 0 bridgehead atoms. The maximum absolute atomic E-state index is 13.0. The first-order valence-corrected chi connectivity index (χ1v) is 3.19. The van der Waals surface area contributed by atoms with Gasteiger partial charge >= 0.3 is 0 Å². The highest BCUT2D eigenvalue weighted by molar-refractivity contribution is 5.84. The Morgan fingerprint density at radius 2 is 2.20 bits per heavy atom. The minimum atomic E-state index is -1.71. The lowest BCUT2D eigenvalue weighted by molar-refractivity contribution is -0.128. The van der Waals surface area contributed by atoms with Crippen molar-refractivity contribution in [3.05, 3.63) is 0 Å². The Morgan fingerprint density at radius 3 is 2.50 bits per heavy atom. The molecular formula is C7H13FO2. The van der Waals surface area contributed by atoms with E-state index in [1.807, 2.05) is 0 Å². The van der Waals surface area contributed by atoms with Crippen LogP contribution < -0.4 is 0 Å². The topological polar surface area (TPSA) is 26.3 Å². The van der Waals surface area contributed by atoms with E-state index in [9.17, 15) is 9.18 Å². The Morgan fingerprint density at radius 1 is 1.70 bits per heavy atom. The van der Waals surface area contributed by atoms with Gasteiger partial charge in [-0.05, 0) is 13.8 Å². The van der Waals surface area contributed by atoms with E-state index < -0.39 is 11.5 Å². The van der Waals surface area contributed by atoms with E-state index in [-0.39, 0.29) is 13.0 Å². The molecule has 2 nitrogen and oxygen atoms in total. The van der Waals surface area contributed by atoms with Crippen molar-refractivity contribution in [2.24, 2.45) is 0 Å². The number of alkyl halides is 1. The molecule has 3 heteroatoms. The Kier molecular flexibility index (Phi) is 3.50. The summed E-state index contributed by atoms with van der Waals surface area (Å²) in [5, 5.41) is 0. The maximum atomic E-state index is 13.0. The smallest absolute Gasteiger partial charge is 0.167 e. The summed E-state index contributed by atoms with van der Waals surface area (Å²) >= 11 is 0. The van der Waals surface area contributed by atoms with Gasteiger partial charge in [-0.15, -0.1) is 0 Å². The van der Waals surface area contributed by atoms with Gasteiger partial charge in [-0.2, -0.15) is 0 Å². The minimum Gasteiger partial charge on any atom is -0.385 e.